The first kappa shape index (κ1) is 79.1. The van der Waals surface area contributed by atoms with Gasteiger partial charge < -0.3 is 63.0 Å². The Kier molecular flexibility index (Phi) is 34.0. The molecule has 0 atom stereocenters. The second-order valence-electron chi connectivity index (χ2n) is 26.9. The van der Waals surface area contributed by atoms with Crippen LogP contribution in [0, 0.1) is 38.2 Å². The Morgan fingerprint density at radius 1 is 0.449 bits per heavy atom. The number of nitrogen functional groups attached to an aromatic ring is 1. The molecule has 6 heterocycles. The van der Waals surface area contributed by atoms with Crippen molar-refractivity contribution in [2.75, 3.05) is 111 Å². The minimum absolute atomic E-state index is 0.000000000000000444. The van der Waals surface area contributed by atoms with Crippen LogP contribution in [0.1, 0.15) is 171 Å². The molecule has 0 unspecified atom stereocenters. The van der Waals surface area contributed by atoms with Crippen LogP contribution >= 0.6 is 34.8 Å². The first-order chi connectivity index (χ1) is 47.2. The van der Waals surface area contributed by atoms with Crippen molar-refractivity contribution in [3.63, 3.8) is 0 Å². The lowest BCUT2D eigenvalue weighted by Crippen LogP contribution is -2.42. The van der Waals surface area contributed by atoms with Gasteiger partial charge in [0.2, 0.25) is 51.5 Å². The van der Waals surface area contributed by atoms with Crippen LogP contribution in [0.15, 0.2) is 54.6 Å². The first-order valence-electron chi connectivity index (χ1n) is 35.5. The minimum Gasteiger partial charge on any atom is -0.399 e. The van der Waals surface area contributed by atoms with Crippen molar-refractivity contribution in [2.24, 2.45) is 5.73 Å². The summed E-state index contributed by atoms with van der Waals surface area (Å²) in [5.41, 5.74) is 14.6. The lowest BCUT2D eigenvalue weighted by atomic mass is 10.0. The van der Waals surface area contributed by atoms with Gasteiger partial charge in [-0.3, -0.25) is 0 Å². The van der Waals surface area contributed by atoms with Gasteiger partial charge in [-0.1, -0.05) is 95.2 Å². The van der Waals surface area contributed by atoms with Crippen LogP contribution in [-0.4, -0.2) is 165 Å². The summed E-state index contributed by atoms with van der Waals surface area (Å²) in [7, 11) is 10.5. The second-order valence-corrected chi connectivity index (χ2v) is 27.9. The van der Waals surface area contributed by atoms with E-state index in [1.165, 1.54) is 134 Å². The maximum absolute atomic E-state index is 14.1. The van der Waals surface area contributed by atoms with E-state index in [0.29, 0.717) is 99.7 Å². The molecule has 6 aromatic rings. The van der Waals surface area contributed by atoms with Crippen LogP contribution in [0.4, 0.5) is 65.9 Å². The molecule has 540 valence electrons. The highest BCUT2D eigenvalue weighted by Gasteiger charge is 2.26. The molecular formula is C71H109Cl3F3N21. The summed E-state index contributed by atoms with van der Waals surface area (Å²) in [6.45, 7) is 11.9. The summed E-state index contributed by atoms with van der Waals surface area (Å²) in [6, 6.07) is 17.7. The molecule has 3 aliphatic carbocycles. The highest BCUT2D eigenvalue weighted by molar-refractivity contribution is 6.33. The molecular weight excluding hydrogens is 1310 g/mol. The standard InChI is InChI=1S/C24H36FN7.C23H34FN7.C7H8FN.C7H16N2.C7H15N.C3Cl3N3/c1-17-10-11-19(16-21(17)25)27-23-28-22(26-18-8-6-4-5-7-9-18)29-24(30-23)32(3)20-12-14-31(2)15-13-20;1-16-9-10-18(15-20(16)24)27-22-28-21(26-17-7-5-3-4-6-8-17)29-23(30-22)31(2)19-11-13-25-14-12-19;1-5-2-3-6(9)4-7(5)8;1-8-7-3-5-9(2)6-4-7;8-7-5-3-1-2-4-6-7;4-1-7-2(5)9-3(6)8-1/h10-11,16,18,20H,4-9,12-15H2,1-3H3,(H2,26,27,28,29,30);9-10,15,17,19,25H,3-8,11-14H2,1-2H3,(H2,26,27,28,29,30);2-4H,9H2,1H3;7-8H,3-6H2,1-2H3;7H,1-6,8H2;. The number of anilines is 9. The van der Waals surface area contributed by atoms with Crippen molar-refractivity contribution in [1.82, 2.24) is 65.3 Å². The summed E-state index contributed by atoms with van der Waals surface area (Å²) in [6.07, 6.45) is 29.6. The van der Waals surface area contributed by atoms with E-state index in [2.05, 4.69) is 117 Å². The van der Waals surface area contributed by atoms with Gasteiger partial charge in [-0.05, 0) is 246 Å². The second kappa shape index (κ2) is 42.1. The molecule has 0 amide bonds. The molecule has 3 aromatic carbocycles. The summed E-state index contributed by atoms with van der Waals surface area (Å²) in [5, 5.41) is 20.2. The van der Waals surface area contributed by atoms with E-state index in [4.69, 9.17) is 61.2 Å². The Hall–Kier alpha value is -6.25. The van der Waals surface area contributed by atoms with Crippen molar-refractivity contribution < 1.29 is 13.2 Å². The van der Waals surface area contributed by atoms with Crippen LogP contribution in [0.25, 0.3) is 0 Å². The van der Waals surface area contributed by atoms with E-state index in [0.717, 1.165) is 83.6 Å². The third kappa shape index (κ3) is 28.4. The number of hydrogen-bond donors (Lipinski definition) is 8. The van der Waals surface area contributed by atoms with E-state index in [1.54, 1.807) is 45.0 Å². The monoisotopic (exact) mass is 1420 g/mol. The number of likely N-dealkylation sites (tertiary alicyclic amines) is 2. The fraction of sp³-hybridized carbons (Fsp3) is 0.620. The Morgan fingerprint density at radius 2 is 0.806 bits per heavy atom. The van der Waals surface area contributed by atoms with Crippen LogP contribution in [0.5, 0.6) is 0 Å². The SMILES string of the molecule is CNC1CCN(C)CC1.Cc1ccc(N)cc1F.Cc1ccc(Nc2nc(NC3CCCCCC3)nc(N(C)C3CCN(C)CC3)n2)cc1F.Cc1ccc(Nc2nc(NC3CCCCCC3)nc(N(C)C3CCNCC3)n2)cc1F.Clc1nc(Cl)nc(Cl)n1.NC1CCCCCC1. The number of halogens is 6. The van der Waals surface area contributed by atoms with Gasteiger partial charge in [0.1, 0.15) is 17.5 Å². The lowest BCUT2D eigenvalue weighted by molar-refractivity contribution is 0.240. The fourth-order valence-corrected chi connectivity index (χ4v) is 13.1. The number of rotatable bonds is 13. The molecule has 3 aliphatic heterocycles. The molecule has 0 bridgehead atoms. The van der Waals surface area contributed by atoms with Crippen molar-refractivity contribution in [3.8, 4) is 0 Å². The maximum atomic E-state index is 14.1. The third-order valence-corrected chi connectivity index (χ3v) is 19.5. The van der Waals surface area contributed by atoms with Crippen molar-refractivity contribution in [3.05, 3.63) is 105 Å². The Balaban J connectivity index is 0.000000186. The van der Waals surface area contributed by atoms with E-state index >= 15 is 0 Å². The molecule has 6 aliphatic rings. The molecule has 10 N–H and O–H groups in total. The number of nitrogens with two attached hydrogens (primary N) is 2. The summed E-state index contributed by atoms with van der Waals surface area (Å²) in [5.74, 6) is 2.63. The fourth-order valence-electron chi connectivity index (χ4n) is 12.5. The van der Waals surface area contributed by atoms with Crippen molar-refractivity contribution in [2.45, 2.75) is 211 Å². The number of aromatic nitrogens is 9. The largest absolute Gasteiger partial charge is 0.399 e. The summed E-state index contributed by atoms with van der Waals surface area (Å²) in [4.78, 5) is 47.7. The van der Waals surface area contributed by atoms with Gasteiger partial charge >= 0.3 is 0 Å². The first-order valence-corrected chi connectivity index (χ1v) is 36.6. The summed E-state index contributed by atoms with van der Waals surface area (Å²) >= 11 is 16.0. The highest BCUT2D eigenvalue weighted by atomic mass is 35.5. The third-order valence-electron chi connectivity index (χ3n) is 19.0. The Bertz CT molecular complexity index is 3230. The quantitative estimate of drug-likeness (QED) is 0.0395. The number of hydrogen-bond acceptors (Lipinski definition) is 21. The Morgan fingerprint density at radius 3 is 1.18 bits per heavy atom. The number of nitrogens with zero attached hydrogens (tertiary/aromatic N) is 13. The predicted octanol–water partition coefficient (Wildman–Crippen LogP) is 14.6. The zero-order chi connectivity index (χ0) is 70.3. The number of aryl methyl sites for hydroxylation is 3. The van der Waals surface area contributed by atoms with Gasteiger partial charge in [0.25, 0.3) is 0 Å². The number of benzene rings is 3. The minimum atomic E-state index is -0.247. The molecule has 21 nitrogen and oxygen atoms in total. The average Bonchev–Trinajstić information content (AvgIpc) is 0.866. The van der Waals surface area contributed by atoms with Crippen molar-refractivity contribution in [1.29, 1.82) is 0 Å². The maximum Gasteiger partial charge on any atom is 0.233 e. The average molecular weight is 1420 g/mol. The van der Waals surface area contributed by atoms with Crippen LogP contribution in [0.3, 0.4) is 0 Å². The molecule has 0 spiro atoms. The molecule has 27 heteroatoms. The van der Waals surface area contributed by atoms with Gasteiger partial charge in [0.05, 0.1) is 0 Å². The smallest absolute Gasteiger partial charge is 0.233 e. The van der Waals surface area contributed by atoms with Gasteiger partial charge in [-0.15, -0.1) is 0 Å². The molecule has 0 radical (unpaired) electrons. The van der Waals surface area contributed by atoms with E-state index in [1.807, 2.05) is 12.1 Å². The van der Waals surface area contributed by atoms with E-state index in [9.17, 15) is 13.2 Å². The summed E-state index contributed by atoms with van der Waals surface area (Å²) < 4.78 is 40.6. The molecule has 6 fully saturated rings. The molecule has 12 rings (SSSR count). The molecule has 3 saturated carbocycles. The van der Waals surface area contributed by atoms with E-state index < -0.39 is 0 Å². The normalized spacial score (nSPS) is 18.1. The zero-order valence-corrected chi connectivity index (χ0v) is 61.4. The predicted molar refractivity (Wildman–Crippen MR) is 398 cm³/mol. The van der Waals surface area contributed by atoms with Crippen LogP contribution in [-0.2, 0) is 0 Å². The highest BCUT2D eigenvalue weighted by Crippen LogP contribution is 2.28. The van der Waals surface area contributed by atoms with Gasteiger partial charge in [-0.25, -0.2) is 13.2 Å². The lowest BCUT2D eigenvalue weighted by Gasteiger charge is -2.35. The zero-order valence-electron chi connectivity index (χ0n) is 59.1. The van der Waals surface area contributed by atoms with Gasteiger partial charge in [-0.2, -0.15) is 44.9 Å². The number of nitrogens with one attached hydrogen (secondary N) is 6. The van der Waals surface area contributed by atoms with Crippen LogP contribution < -0.4 is 53.2 Å². The van der Waals surface area contributed by atoms with Gasteiger partial charge in [0.15, 0.2) is 0 Å². The van der Waals surface area contributed by atoms with Gasteiger partial charge in [0, 0.05) is 67.4 Å². The molecule has 98 heavy (non-hydrogen) atoms. The number of piperidine rings is 3. The topological polar surface area (TPSA) is 253 Å². The van der Waals surface area contributed by atoms with Crippen LogP contribution in [0.2, 0.25) is 15.9 Å². The van der Waals surface area contributed by atoms with Crippen molar-refractivity contribution >= 4 is 87.6 Å². The molecule has 3 aromatic heterocycles. The Labute approximate surface area is 595 Å². The van der Waals surface area contributed by atoms with E-state index in [-0.39, 0.29) is 33.3 Å². The molecule has 3 saturated heterocycles.